The third-order valence-corrected chi connectivity index (χ3v) is 4.75. The Morgan fingerprint density at radius 2 is 1.67 bits per heavy atom. The molecule has 2 nitrogen and oxygen atoms in total. The number of rotatable bonds is 2. The molecule has 0 aromatic carbocycles. The van der Waals surface area contributed by atoms with Crippen molar-refractivity contribution < 1.29 is 0 Å². The highest BCUT2D eigenvalue weighted by Gasteiger charge is 2.34. The van der Waals surface area contributed by atoms with E-state index < -0.39 is 0 Å². The van der Waals surface area contributed by atoms with Crippen molar-refractivity contribution in [3.05, 3.63) is 12.2 Å². The van der Waals surface area contributed by atoms with E-state index in [0.717, 1.165) is 6.04 Å². The van der Waals surface area contributed by atoms with Crippen molar-refractivity contribution >= 4 is 0 Å². The molecular weight excluding hydrogens is 220 g/mol. The standard InChI is InChI=1S/C16H30N2/c1-13(2)15-7-6-10-18(15)14-8-11-17(12-9-14)16(3,4)5/h14-15H,1,6-12H2,2-5H3. The SMILES string of the molecule is C=C(C)C1CCCN1C1CCN(C(C)(C)C)CC1. The second-order valence-corrected chi connectivity index (χ2v) is 7.13. The second-order valence-electron chi connectivity index (χ2n) is 7.13. The largest absolute Gasteiger partial charge is 0.298 e. The van der Waals surface area contributed by atoms with Gasteiger partial charge in [0.2, 0.25) is 0 Å². The fourth-order valence-corrected chi connectivity index (χ4v) is 3.62. The van der Waals surface area contributed by atoms with Crippen molar-refractivity contribution in [3.63, 3.8) is 0 Å². The number of hydrogen-bond acceptors (Lipinski definition) is 2. The first-order valence-electron chi connectivity index (χ1n) is 7.56. The smallest absolute Gasteiger partial charge is 0.0305 e. The molecule has 0 aromatic heterocycles. The molecule has 0 N–H and O–H groups in total. The molecule has 0 spiro atoms. The molecule has 2 rings (SSSR count). The lowest BCUT2D eigenvalue weighted by Crippen LogP contribution is -2.51. The van der Waals surface area contributed by atoms with Gasteiger partial charge in [-0.05, 0) is 59.9 Å². The Labute approximate surface area is 113 Å². The first kappa shape index (κ1) is 14.1. The molecule has 18 heavy (non-hydrogen) atoms. The molecule has 2 aliphatic heterocycles. The fraction of sp³-hybridized carbons (Fsp3) is 0.875. The highest BCUT2D eigenvalue weighted by Crippen LogP contribution is 2.30. The molecule has 2 heteroatoms. The van der Waals surface area contributed by atoms with Gasteiger partial charge in [0, 0.05) is 30.7 Å². The van der Waals surface area contributed by atoms with Gasteiger partial charge >= 0.3 is 0 Å². The van der Waals surface area contributed by atoms with Crippen LogP contribution in [-0.2, 0) is 0 Å². The van der Waals surface area contributed by atoms with E-state index in [2.05, 4.69) is 44.1 Å². The molecule has 1 unspecified atom stereocenters. The van der Waals surface area contributed by atoms with Crippen molar-refractivity contribution in [3.8, 4) is 0 Å². The van der Waals surface area contributed by atoms with Crippen LogP contribution in [0, 0.1) is 0 Å². The van der Waals surface area contributed by atoms with Gasteiger partial charge in [-0.15, -0.1) is 0 Å². The Bertz CT molecular complexity index is 295. The molecule has 2 heterocycles. The maximum atomic E-state index is 4.18. The lowest BCUT2D eigenvalue weighted by Gasteiger charge is -2.44. The van der Waals surface area contributed by atoms with Gasteiger partial charge in [0.1, 0.15) is 0 Å². The molecule has 0 bridgehead atoms. The first-order valence-corrected chi connectivity index (χ1v) is 7.56. The molecule has 0 aromatic rings. The number of nitrogens with zero attached hydrogens (tertiary/aromatic N) is 2. The highest BCUT2D eigenvalue weighted by molar-refractivity contribution is 5.07. The van der Waals surface area contributed by atoms with Gasteiger partial charge in [0.15, 0.2) is 0 Å². The van der Waals surface area contributed by atoms with Gasteiger partial charge in [0.05, 0.1) is 0 Å². The summed E-state index contributed by atoms with van der Waals surface area (Å²) < 4.78 is 0. The summed E-state index contributed by atoms with van der Waals surface area (Å²) in [4.78, 5) is 5.37. The minimum Gasteiger partial charge on any atom is -0.298 e. The summed E-state index contributed by atoms with van der Waals surface area (Å²) in [5.74, 6) is 0. The highest BCUT2D eigenvalue weighted by atomic mass is 15.2. The molecule has 2 aliphatic rings. The monoisotopic (exact) mass is 250 g/mol. The van der Waals surface area contributed by atoms with Crippen LogP contribution in [0.3, 0.4) is 0 Å². The zero-order valence-corrected chi connectivity index (χ0v) is 12.7. The molecule has 2 saturated heterocycles. The Hall–Kier alpha value is -0.340. The Morgan fingerprint density at radius 3 is 2.17 bits per heavy atom. The van der Waals surface area contributed by atoms with E-state index in [9.17, 15) is 0 Å². The summed E-state index contributed by atoms with van der Waals surface area (Å²) in [5, 5.41) is 0. The van der Waals surface area contributed by atoms with Crippen LogP contribution in [0.4, 0.5) is 0 Å². The minimum absolute atomic E-state index is 0.337. The van der Waals surface area contributed by atoms with Crippen LogP contribution < -0.4 is 0 Å². The molecule has 1 atom stereocenters. The lowest BCUT2D eigenvalue weighted by molar-refractivity contribution is 0.0562. The molecule has 0 saturated carbocycles. The normalized spacial score (nSPS) is 28.8. The minimum atomic E-state index is 0.337. The van der Waals surface area contributed by atoms with Gasteiger partial charge in [0.25, 0.3) is 0 Å². The van der Waals surface area contributed by atoms with Crippen LogP contribution in [-0.4, -0.2) is 47.1 Å². The van der Waals surface area contributed by atoms with Crippen LogP contribution in [0.1, 0.15) is 53.4 Å². The Balaban J connectivity index is 1.91. The third kappa shape index (κ3) is 2.97. The van der Waals surface area contributed by atoms with Gasteiger partial charge in [-0.25, -0.2) is 0 Å². The first-order chi connectivity index (χ1) is 8.39. The van der Waals surface area contributed by atoms with E-state index in [0.29, 0.717) is 11.6 Å². The average Bonchev–Trinajstić information content (AvgIpc) is 2.77. The quantitative estimate of drug-likeness (QED) is 0.694. The summed E-state index contributed by atoms with van der Waals surface area (Å²) in [5.41, 5.74) is 1.70. The summed E-state index contributed by atoms with van der Waals surface area (Å²) in [6.45, 7) is 17.2. The topological polar surface area (TPSA) is 6.48 Å². The van der Waals surface area contributed by atoms with Crippen molar-refractivity contribution in [2.75, 3.05) is 19.6 Å². The summed E-state index contributed by atoms with van der Waals surface area (Å²) >= 11 is 0. The van der Waals surface area contributed by atoms with E-state index >= 15 is 0 Å². The Kier molecular flexibility index (Phi) is 4.18. The Morgan fingerprint density at radius 1 is 1.06 bits per heavy atom. The van der Waals surface area contributed by atoms with Gasteiger partial charge in [-0.1, -0.05) is 12.2 Å². The van der Waals surface area contributed by atoms with Gasteiger partial charge in [-0.2, -0.15) is 0 Å². The van der Waals surface area contributed by atoms with Gasteiger partial charge in [-0.3, -0.25) is 9.80 Å². The van der Waals surface area contributed by atoms with E-state index in [1.165, 1.54) is 50.9 Å². The predicted octanol–water partition coefficient (Wildman–Crippen LogP) is 3.29. The number of hydrogen-bond donors (Lipinski definition) is 0. The van der Waals surface area contributed by atoms with E-state index in [-0.39, 0.29) is 0 Å². The van der Waals surface area contributed by atoms with Crippen LogP contribution in [0.25, 0.3) is 0 Å². The predicted molar refractivity (Wildman–Crippen MR) is 78.9 cm³/mol. The maximum absolute atomic E-state index is 4.18. The lowest BCUT2D eigenvalue weighted by atomic mass is 9.96. The molecule has 0 radical (unpaired) electrons. The number of likely N-dealkylation sites (tertiary alicyclic amines) is 2. The average molecular weight is 250 g/mol. The van der Waals surface area contributed by atoms with Crippen molar-refractivity contribution in [2.24, 2.45) is 0 Å². The molecular formula is C16H30N2. The number of piperidine rings is 1. The van der Waals surface area contributed by atoms with E-state index in [1.54, 1.807) is 0 Å². The van der Waals surface area contributed by atoms with E-state index in [1.807, 2.05) is 0 Å². The second kappa shape index (κ2) is 5.34. The maximum Gasteiger partial charge on any atom is 0.0305 e. The van der Waals surface area contributed by atoms with Crippen molar-refractivity contribution in [1.29, 1.82) is 0 Å². The third-order valence-electron chi connectivity index (χ3n) is 4.75. The summed E-state index contributed by atoms with van der Waals surface area (Å²) in [7, 11) is 0. The van der Waals surface area contributed by atoms with Crippen LogP contribution in [0.15, 0.2) is 12.2 Å². The molecule has 0 amide bonds. The van der Waals surface area contributed by atoms with Crippen molar-refractivity contribution in [1.82, 2.24) is 9.80 Å². The molecule has 0 aliphatic carbocycles. The van der Waals surface area contributed by atoms with Crippen LogP contribution in [0.2, 0.25) is 0 Å². The summed E-state index contributed by atoms with van der Waals surface area (Å²) in [6, 6.07) is 1.46. The molecule has 104 valence electrons. The fourth-order valence-electron chi connectivity index (χ4n) is 3.62. The molecule has 2 fully saturated rings. The summed E-state index contributed by atoms with van der Waals surface area (Å²) in [6.07, 6.45) is 5.36. The van der Waals surface area contributed by atoms with Crippen molar-refractivity contribution in [2.45, 2.75) is 71.0 Å². The van der Waals surface area contributed by atoms with Gasteiger partial charge < -0.3 is 0 Å². The van der Waals surface area contributed by atoms with Crippen LogP contribution >= 0.6 is 0 Å². The zero-order chi connectivity index (χ0) is 13.3. The van der Waals surface area contributed by atoms with E-state index in [4.69, 9.17) is 0 Å². The zero-order valence-electron chi connectivity index (χ0n) is 12.7. The van der Waals surface area contributed by atoms with Crippen LogP contribution in [0.5, 0.6) is 0 Å².